The first-order valence-electron chi connectivity index (χ1n) is 5.68. The van der Waals surface area contributed by atoms with Gasteiger partial charge >= 0.3 is 0 Å². The van der Waals surface area contributed by atoms with Crippen LogP contribution in [0.1, 0.15) is 15.9 Å². The summed E-state index contributed by atoms with van der Waals surface area (Å²) in [5.41, 5.74) is -0.0322. The Bertz CT molecular complexity index is 659. The smallest absolute Gasteiger partial charge is 0.255 e. The van der Waals surface area contributed by atoms with Crippen LogP contribution in [0.25, 0.3) is 0 Å². The first kappa shape index (κ1) is 13.9. The first-order valence-corrected chi connectivity index (χ1v) is 5.68. The Morgan fingerprint density at radius 3 is 2.35 bits per heavy atom. The van der Waals surface area contributed by atoms with E-state index in [1.54, 1.807) is 0 Å². The molecular weight excluding hydrogens is 271 g/mol. The number of rotatable bonds is 3. The molecule has 0 unspecified atom stereocenters. The van der Waals surface area contributed by atoms with Crippen LogP contribution in [0.4, 0.5) is 13.2 Å². The van der Waals surface area contributed by atoms with Crippen molar-refractivity contribution in [3.8, 4) is 5.75 Å². The molecule has 0 saturated heterocycles. The van der Waals surface area contributed by atoms with Gasteiger partial charge in [0, 0.05) is 24.2 Å². The average Bonchev–Trinajstić information content (AvgIpc) is 2.37. The molecule has 0 heterocycles. The summed E-state index contributed by atoms with van der Waals surface area (Å²) < 4.78 is 38.8. The van der Waals surface area contributed by atoms with Gasteiger partial charge in [0.25, 0.3) is 5.91 Å². The fraction of sp³-hybridized carbons (Fsp3) is 0.0714. The Morgan fingerprint density at radius 2 is 1.70 bits per heavy atom. The summed E-state index contributed by atoms with van der Waals surface area (Å²) in [6.07, 6.45) is 0. The molecule has 0 spiro atoms. The fourth-order valence-electron chi connectivity index (χ4n) is 1.63. The molecule has 0 atom stereocenters. The average molecular weight is 281 g/mol. The Kier molecular flexibility index (Phi) is 3.93. The van der Waals surface area contributed by atoms with Crippen molar-refractivity contribution in [3.05, 3.63) is 65.0 Å². The molecule has 0 aromatic heterocycles. The van der Waals surface area contributed by atoms with E-state index in [1.165, 1.54) is 6.07 Å². The Morgan fingerprint density at radius 1 is 1.05 bits per heavy atom. The third-order valence-corrected chi connectivity index (χ3v) is 2.66. The van der Waals surface area contributed by atoms with E-state index >= 15 is 0 Å². The van der Waals surface area contributed by atoms with Crippen LogP contribution in [-0.2, 0) is 6.54 Å². The van der Waals surface area contributed by atoms with E-state index in [9.17, 15) is 23.1 Å². The van der Waals surface area contributed by atoms with Crippen LogP contribution >= 0.6 is 0 Å². The summed E-state index contributed by atoms with van der Waals surface area (Å²) in [5.74, 6) is -3.38. The van der Waals surface area contributed by atoms with Gasteiger partial charge < -0.3 is 10.4 Å². The molecule has 0 saturated carbocycles. The minimum absolute atomic E-state index is 0.0985. The van der Waals surface area contributed by atoms with E-state index in [2.05, 4.69) is 5.32 Å². The van der Waals surface area contributed by atoms with Crippen molar-refractivity contribution in [3.63, 3.8) is 0 Å². The predicted molar refractivity (Wildman–Crippen MR) is 65.6 cm³/mol. The van der Waals surface area contributed by atoms with Crippen molar-refractivity contribution in [1.29, 1.82) is 0 Å². The van der Waals surface area contributed by atoms with Crippen molar-refractivity contribution >= 4 is 5.91 Å². The summed E-state index contributed by atoms with van der Waals surface area (Å²) in [6, 6.07) is 5.91. The largest absolute Gasteiger partial charge is 0.507 e. The number of hydrogen-bond donors (Lipinski definition) is 2. The zero-order chi connectivity index (χ0) is 14.7. The van der Waals surface area contributed by atoms with Crippen molar-refractivity contribution in [2.45, 2.75) is 6.54 Å². The van der Waals surface area contributed by atoms with Gasteiger partial charge in [-0.05, 0) is 18.2 Å². The Labute approximate surface area is 112 Å². The van der Waals surface area contributed by atoms with Gasteiger partial charge in [-0.3, -0.25) is 4.79 Å². The summed E-state index contributed by atoms with van der Waals surface area (Å²) in [4.78, 5) is 11.7. The molecule has 0 bridgehead atoms. The van der Waals surface area contributed by atoms with E-state index in [0.29, 0.717) is 6.07 Å². The number of carbonyl (C=O) groups excluding carboxylic acids is 1. The van der Waals surface area contributed by atoms with Crippen LogP contribution < -0.4 is 5.32 Å². The number of halogens is 3. The van der Waals surface area contributed by atoms with E-state index in [0.717, 1.165) is 24.3 Å². The molecule has 1 amide bonds. The lowest BCUT2D eigenvalue weighted by atomic mass is 10.1. The molecule has 2 aromatic rings. The van der Waals surface area contributed by atoms with Gasteiger partial charge in [-0.15, -0.1) is 0 Å². The lowest BCUT2D eigenvalue weighted by Crippen LogP contribution is -2.23. The monoisotopic (exact) mass is 281 g/mol. The number of aromatic hydroxyl groups is 1. The highest BCUT2D eigenvalue weighted by Crippen LogP contribution is 2.18. The number of amides is 1. The van der Waals surface area contributed by atoms with E-state index in [1.807, 2.05) is 0 Å². The fourth-order valence-corrected chi connectivity index (χ4v) is 1.63. The summed E-state index contributed by atoms with van der Waals surface area (Å²) in [5, 5.41) is 11.8. The lowest BCUT2D eigenvalue weighted by molar-refractivity contribution is 0.0948. The molecule has 2 N–H and O–H groups in total. The molecule has 0 radical (unpaired) electrons. The Balaban J connectivity index is 2.08. The maximum atomic E-state index is 13.3. The molecule has 2 rings (SSSR count). The summed E-state index contributed by atoms with van der Waals surface area (Å²) in [6.45, 7) is -0.179. The quantitative estimate of drug-likeness (QED) is 0.908. The van der Waals surface area contributed by atoms with Gasteiger partial charge in [-0.1, -0.05) is 6.07 Å². The van der Waals surface area contributed by atoms with Gasteiger partial charge in [0.2, 0.25) is 0 Å². The second-order valence-corrected chi connectivity index (χ2v) is 4.08. The minimum Gasteiger partial charge on any atom is -0.507 e. The van der Waals surface area contributed by atoms with Crippen LogP contribution in [0.15, 0.2) is 36.4 Å². The van der Waals surface area contributed by atoms with Gasteiger partial charge in [0.15, 0.2) is 0 Å². The van der Waals surface area contributed by atoms with Gasteiger partial charge in [0.1, 0.15) is 23.2 Å². The molecule has 104 valence electrons. The normalized spacial score (nSPS) is 10.3. The number of phenolic OH excluding ortho intramolecular Hbond substituents is 1. The highest BCUT2D eigenvalue weighted by atomic mass is 19.1. The predicted octanol–water partition coefficient (Wildman–Crippen LogP) is 2.74. The lowest BCUT2D eigenvalue weighted by Gasteiger charge is -2.08. The summed E-state index contributed by atoms with van der Waals surface area (Å²) in [7, 11) is 0. The van der Waals surface area contributed by atoms with Crippen molar-refractivity contribution < 1.29 is 23.1 Å². The second kappa shape index (κ2) is 5.64. The van der Waals surface area contributed by atoms with Crippen LogP contribution in [0.3, 0.4) is 0 Å². The number of nitrogens with one attached hydrogen (secondary N) is 1. The van der Waals surface area contributed by atoms with Gasteiger partial charge in [-0.25, -0.2) is 13.2 Å². The van der Waals surface area contributed by atoms with E-state index < -0.39 is 29.1 Å². The van der Waals surface area contributed by atoms with Crippen molar-refractivity contribution in [2.75, 3.05) is 0 Å². The highest BCUT2D eigenvalue weighted by Gasteiger charge is 2.12. The van der Waals surface area contributed by atoms with Crippen LogP contribution in [-0.4, -0.2) is 11.0 Å². The standard InChI is InChI=1S/C14H10F3NO2/c15-9-2-1-8(12(17)5-9)7-18-14(20)11-4-3-10(16)6-13(11)19/h1-6,19H,7H2,(H,18,20). The molecule has 2 aromatic carbocycles. The maximum absolute atomic E-state index is 13.3. The van der Waals surface area contributed by atoms with Crippen LogP contribution in [0.2, 0.25) is 0 Å². The molecule has 3 nitrogen and oxygen atoms in total. The molecule has 20 heavy (non-hydrogen) atoms. The minimum atomic E-state index is -0.784. The van der Waals surface area contributed by atoms with Crippen LogP contribution in [0.5, 0.6) is 5.75 Å². The topological polar surface area (TPSA) is 49.3 Å². The van der Waals surface area contributed by atoms with E-state index in [-0.39, 0.29) is 17.7 Å². The van der Waals surface area contributed by atoms with Crippen molar-refractivity contribution in [2.24, 2.45) is 0 Å². The SMILES string of the molecule is O=C(NCc1ccc(F)cc1F)c1ccc(F)cc1O. The number of hydrogen-bond acceptors (Lipinski definition) is 2. The van der Waals surface area contributed by atoms with Crippen molar-refractivity contribution in [1.82, 2.24) is 5.32 Å². The number of phenols is 1. The Hall–Kier alpha value is -2.50. The number of benzene rings is 2. The zero-order valence-electron chi connectivity index (χ0n) is 10.2. The molecule has 6 heteroatoms. The second-order valence-electron chi connectivity index (χ2n) is 4.08. The molecule has 0 aliphatic heterocycles. The molecule has 0 aliphatic carbocycles. The maximum Gasteiger partial charge on any atom is 0.255 e. The summed E-state index contributed by atoms with van der Waals surface area (Å²) >= 11 is 0. The molecule has 0 fully saturated rings. The molecular formula is C14H10F3NO2. The molecule has 0 aliphatic rings. The van der Waals surface area contributed by atoms with E-state index in [4.69, 9.17) is 0 Å². The third kappa shape index (κ3) is 3.09. The third-order valence-electron chi connectivity index (χ3n) is 2.66. The van der Waals surface area contributed by atoms with Gasteiger partial charge in [-0.2, -0.15) is 0 Å². The zero-order valence-corrected chi connectivity index (χ0v) is 10.2. The van der Waals surface area contributed by atoms with Crippen LogP contribution in [0, 0.1) is 17.5 Å². The van der Waals surface area contributed by atoms with Gasteiger partial charge in [0.05, 0.1) is 5.56 Å². The number of carbonyl (C=O) groups is 1. The first-order chi connectivity index (χ1) is 9.47. The highest BCUT2D eigenvalue weighted by molar-refractivity contribution is 5.96.